The van der Waals surface area contributed by atoms with Crippen molar-refractivity contribution in [2.45, 2.75) is 38.6 Å². The van der Waals surface area contributed by atoms with Crippen LogP contribution in [0.4, 0.5) is 5.69 Å². The fourth-order valence-corrected chi connectivity index (χ4v) is 5.00. The first-order chi connectivity index (χ1) is 15.5. The molecule has 0 saturated carbocycles. The van der Waals surface area contributed by atoms with Crippen molar-refractivity contribution in [3.8, 4) is 5.75 Å². The molecule has 0 aromatic heterocycles. The van der Waals surface area contributed by atoms with E-state index >= 15 is 0 Å². The van der Waals surface area contributed by atoms with Crippen LogP contribution in [0.2, 0.25) is 5.02 Å². The normalized spacial score (nSPS) is 12.5. The smallest absolute Gasteiger partial charge is 0.251 e. The van der Waals surface area contributed by atoms with Gasteiger partial charge in [0.15, 0.2) is 0 Å². The highest BCUT2D eigenvalue weighted by Crippen LogP contribution is 2.27. The summed E-state index contributed by atoms with van der Waals surface area (Å²) in [6.07, 6.45) is 0. The summed E-state index contributed by atoms with van der Waals surface area (Å²) < 4.78 is 32.0. The standard InChI is InChI=1S/C23H30ClN3O5S/c1-6-27(7-2)33(30,31)18-10-8-9-16(13-18)22(28)26-21(15(3)4)23(29)25-17-11-12-20(32-5)19(24)14-17/h8-15,21H,6-7H2,1-5H3,(H,25,29)(H,26,28)/t21-/m0/s1. The van der Waals surface area contributed by atoms with Gasteiger partial charge in [-0.1, -0.05) is 45.4 Å². The predicted octanol–water partition coefficient (Wildman–Crippen LogP) is 3.77. The van der Waals surface area contributed by atoms with Crippen LogP contribution in [-0.4, -0.2) is 50.8 Å². The van der Waals surface area contributed by atoms with Crippen LogP contribution in [-0.2, 0) is 14.8 Å². The molecule has 0 aliphatic heterocycles. The van der Waals surface area contributed by atoms with Gasteiger partial charge in [0, 0.05) is 24.3 Å². The first kappa shape index (κ1) is 26.6. The minimum Gasteiger partial charge on any atom is -0.495 e. The Morgan fingerprint density at radius 2 is 1.76 bits per heavy atom. The van der Waals surface area contributed by atoms with Crippen molar-refractivity contribution in [1.29, 1.82) is 0 Å². The molecule has 0 radical (unpaired) electrons. The fraction of sp³-hybridized carbons (Fsp3) is 0.391. The molecule has 0 bridgehead atoms. The van der Waals surface area contributed by atoms with E-state index in [1.807, 2.05) is 0 Å². The zero-order valence-electron chi connectivity index (χ0n) is 19.4. The van der Waals surface area contributed by atoms with Crippen molar-refractivity contribution in [2.24, 2.45) is 5.92 Å². The molecule has 0 spiro atoms. The molecule has 0 heterocycles. The van der Waals surface area contributed by atoms with Gasteiger partial charge in [-0.05, 0) is 42.3 Å². The lowest BCUT2D eigenvalue weighted by molar-refractivity contribution is -0.118. The molecule has 2 aromatic rings. The second kappa shape index (κ2) is 11.5. The number of ether oxygens (including phenoxy) is 1. The molecule has 180 valence electrons. The van der Waals surface area contributed by atoms with E-state index in [1.54, 1.807) is 45.9 Å². The van der Waals surface area contributed by atoms with Crippen LogP contribution in [0.1, 0.15) is 38.1 Å². The Labute approximate surface area is 200 Å². The van der Waals surface area contributed by atoms with Crippen molar-refractivity contribution in [2.75, 3.05) is 25.5 Å². The number of halogens is 1. The first-order valence-corrected chi connectivity index (χ1v) is 12.4. The molecular weight excluding hydrogens is 466 g/mol. The molecule has 1 atom stereocenters. The lowest BCUT2D eigenvalue weighted by Crippen LogP contribution is -2.47. The summed E-state index contributed by atoms with van der Waals surface area (Å²) in [5, 5.41) is 5.79. The lowest BCUT2D eigenvalue weighted by Gasteiger charge is -2.22. The van der Waals surface area contributed by atoms with E-state index in [4.69, 9.17) is 16.3 Å². The number of nitrogens with one attached hydrogen (secondary N) is 2. The Kier molecular flexibility index (Phi) is 9.27. The van der Waals surface area contributed by atoms with Crippen LogP contribution in [0.3, 0.4) is 0 Å². The Hall–Kier alpha value is -2.62. The Morgan fingerprint density at radius 3 is 2.30 bits per heavy atom. The number of hydrogen-bond acceptors (Lipinski definition) is 5. The summed E-state index contributed by atoms with van der Waals surface area (Å²) in [7, 11) is -2.23. The van der Waals surface area contributed by atoms with E-state index in [-0.39, 0.29) is 16.4 Å². The number of hydrogen-bond donors (Lipinski definition) is 2. The van der Waals surface area contributed by atoms with E-state index < -0.39 is 27.9 Å². The number of methoxy groups -OCH3 is 1. The van der Waals surface area contributed by atoms with E-state index in [9.17, 15) is 18.0 Å². The van der Waals surface area contributed by atoms with Crippen molar-refractivity contribution < 1.29 is 22.7 Å². The Bertz CT molecular complexity index is 1100. The highest BCUT2D eigenvalue weighted by molar-refractivity contribution is 7.89. The third-order valence-corrected chi connectivity index (χ3v) is 7.44. The van der Waals surface area contributed by atoms with E-state index in [0.717, 1.165) is 0 Å². The number of amides is 2. The maximum atomic E-state index is 12.9. The average Bonchev–Trinajstić information content (AvgIpc) is 2.77. The van der Waals surface area contributed by atoms with Crippen molar-refractivity contribution in [1.82, 2.24) is 9.62 Å². The van der Waals surface area contributed by atoms with E-state index in [1.165, 1.54) is 35.7 Å². The largest absolute Gasteiger partial charge is 0.495 e. The van der Waals surface area contributed by atoms with Crippen molar-refractivity contribution in [3.63, 3.8) is 0 Å². The third kappa shape index (κ3) is 6.46. The topological polar surface area (TPSA) is 105 Å². The van der Waals surface area contributed by atoms with E-state index in [0.29, 0.717) is 29.5 Å². The number of sulfonamides is 1. The van der Waals surface area contributed by atoms with Gasteiger partial charge < -0.3 is 15.4 Å². The predicted molar refractivity (Wildman–Crippen MR) is 129 cm³/mol. The number of rotatable bonds is 10. The molecule has 0 unspecified atom stereocenters. The monoisotopic (exact) mass is 495 g/mol. The van der Waals surface area contributed by atoms with Gasteiger partial charge in [0.05, 0.1) is 17.0 Å². The number of anilines is 1. The van der Waals surface area contributed by atoms with Crippen molar-refractivity contribution in [3.05, 3.63) is 53.1 Å². The second-order valence-electron chi connectivity index (χ2n) is 7.65. The molecule has 2 amide bonds. The van der Waals surface area contributed by atoms with Crippen molar-refractivity contribution >= 4 is 39.1 Å². The SMILES string of the molecule is CCN(CC)S(=O)(=O)c1cccc(C(=O)N[C@H](C(=O)Nc2ccc(OC)c(Cl)c2)C(C)C)c1. The van der Waals surface area contributed by atoms with Crippen LogP contribution in [0.15, 0.2) is 47.4 Å². The molecule has 2 N–H and O–H groups in total. The van der Waals surface area contributed by atoms with Crippen LogP contribution in [0.5, 0.6) is 5.75 Å². The van der Waals surface area contributed by atoms with Crippen LogP contribution < -0.4 is 15.4 Å². The van der Waals surface area contributed by atoms with Gasteiger partial charge in [-0.2, -0.15) is 4.31 Å². The zero-order chi connectivity index (χ0) is 24.8. The lowest BCUT2D eigenvalue weighted by atomic mass is 10.0. The molecule has 2 aromatic carbocycles. The highest BCUT2D eigenvalue weighted by atomic mass is 35.5. The van der Waals surface area contributed by atoms with Gasteiger partial charge >= 0.3 is 0 Å². The summed E-state index contributed by atoms with van der Waals surface area (Å²) in [5.74, 6) is -0.729. The van der Waals surface area contributed by atoms with Gasteiger partial charge in [-0.3, -0.25) is 9.59 Å². The number of carbonyl (C=O) groups is 2. The van der Waals surface area contributed by atoms with Crippen LogP contribution >= 0.6 is 11.6 Å². The van der Waals surface area contributed by atoms with Gasteiger partial charge in [0.25, 0.3) is 5.91 Å². The summed E-state index contributed by atoms with van der Waals surface area (Å²) >= 11 is 6.12. The van der Waals surface area contributed by atoms with Gasteiger partial charge in [-0.15, -0.1) is 0 Å². The minimum atomic E-state index is -3.72. The molecular formula is C23H30ClN3O5S. The molecule has 0 aliphatic rings. The summed E-state index contributed by atoms with van der Waals surface area (Å²) in [6, 6.07) is 9.75. The Balaban J connectivity index is 2.22. The second-order valence-corrected chi connectivity index (χ2v) is 10.00. The molecule has 33 heavy (non-hydrogen) atoms. The summed E-state index contributed by atoms with van der Waals surface area (Å²) in [4.78, 5) is 25.8. The zero-order valence-corrected chi connectivity index (χ0v) is 21.0. The molecule has 2 rings (SSSR count). The summed E-state index contributed by atoms with van der Waals surface area (Å²) in [6.45, 7) is 7.74. The first-order valence-electron chi connectivity index (χ1n) is 10.6. The molecule has 0 fully saturated rings. The van der Waals surface area contributed by atoms with Gasteiger partial charge in [0.1, 0.15) is 11.8 Å². The quantitative estimate of drug-likeness (QED) is 0.522. The third-order valence-electron chi connectivity index (χ3n) is 5.09. The average molecular weight is 496 g/mol. The van der Waals surface area contributed by atoms with Gasteiger partial charge in [-0.25, -0.2) is 8.42 Å². The highest BCUT2D eigenvalue weighted by Gasteiger charge is 2.27. The maximum absolute atomic E-state index is 12.9. The molecule has 8 nitrogen and oxygen atoms in total. The number of carbonyl (C=O) groups excluding carboxylic acids is 2. The van der Waals surface area contributed by atoms with Crippen LogP contribution in [0.25, 0.3) is 0 Å². The minimum absolute atomic E-state index is 0.0253. The summed E-state index contributed by atoms with van der Waals surface area (Å²) in [5.41, 5.74) is 0.604. The Morgan fingerprint density at radius 1 is 1.09 bits per heavy atom. The van der Waals surface area contributed by atoms with Gasteiger partial charge in [0.2, 0.25) is 15.9 Å². The molecule has 10 heteroatoms. The van der Waals surface area contributed by atoms with Crippen LogP contribution in [0, 0.1) is 5.92 Å². The fourth-order valence-electron chi connectivity index (χ4n) is 3.23. The maximum Gasteiger partial charge on any atom is 0.251 e. The molecule has 0 aliphatic carbocycles. The van der Waals surface area contributed by atoms with E-state index in [2.05, 4.69) is 10.6 Å². The molecule has 0 saturated heterocycles. The number of nitrogens with zero attached hydrogens (tertiary/aromatic N) is 1. The number of benzene rings is 2.